The maximum absolute atomic E-state index is 11.9. The first-order chi connectivity index (χ1) is 11.7. The van der Waals surface area contributed by atoms with Gasteiger partial charge in [0.15, 0.2) is 5.13 Å². The van der Waals surface area contributed by atoms with Crippen LogP contribution in [0, 0.1) is 0 Å². The Hall–Kier alpha value is -2.58. The van der Waals surface area contributed by atoms with Crippen molar-refractivity contribution in [2.24, 2.45) is 0 Å². The highest BCUT2D eigenvalue weighted by Crippen LogP contribution is 2.24. The predicted molar refractivity (Wildman–Crippen MR) is 95.2 cm³/mol. The summed E-state index contributed by atoms with van der Waals surface area (Å²) in [6, 6.07) is 7.31. The van der Waals surface area contributed by atoms with Gasteiger partial charge in [0.2, 0.25) is 5.91 Å². The van der Waals surface area contributed by atoms with Gasteiger partial charge in [-0.1, -0.05) is 6.07 Å². The van der Waals surface area contributed by atoms with Gasteiger partial charge in [-0.25, -0.2) is 4.98 Å². The number of anilines is 1. The van der Waals surface area contributed by atoms with Gasteiger partial charge < -0.3 is 10.6 Å². The van der Waals surface area contributed by atoms with E-state index >= 15 is 0 Å². The van der Waals surface area contributed by atoms with Gasteiger partial charge in [0.05, 0.1) is 10.6 Å². The van der Waals surface area contributed by atoms with Crippen molar-refractivity contribution < 1.29 is 9.59 Å². The van der Waals surface area contributed by atoms with Gasteiger partial charge in [-0.05, 0) is 23.6 Å². The molecule has 8 heteroatoms. The van der Waals surface area contributed by atoms with Gasteiger partial charge in [-0.15, -0.1) is 22.7 Å². The largest absolute Gasteiger partial charge is 0.351 e. The molecule has 0 aliphatic carbocycles. The monoisotopic (exact) mass is 358 g/mol. The van der Waals surface area contributed by atoms with Crippen LogP contribution in [0.4, 0.5) is 5.13 Å². The number of nitrogens with one attached hydrogen (secondary N) is 2. The molecule has 6 nitrogen and oxygen atoms in total. The molecule has 0 bridgehead atoms. The van der Waals surface area contributed by atoms with Crippen molar-refractivity contribution in [1.29, 1.82) is 0 Å². The Morgan fingerprint density at radius 1 is 1.17 bits per heavy atom. The Labute approximate surface area is 146 Å². The Balaban J connectivity index is 1.47. The first-order valence-electron chi connectivity index (χ1n) is 7.20. The second-order valence-electron chi connectivity index (χ2n) is 4.81. The molecule has 0 aromatic carbocycles. The van der Waals surface area contributed by atoms with Crippen molar-refractivity contribution in [2.75, 3.05) is 11.9 Å². The maximum atomic E-state index is 11.9. The van der Waals surface area contributed by atoms with E-state index in [9.17, 15) is 9.59 Å². The molecule has 122 valence electrons. The summed E-state index contributed by atoms with van der Waals surface area (Å²) in [5.41, 5.74) is 1.67. The van der Waals surface area contributed by atoms with E-state index < -0.39 is 0 Å². The topological polar surface area (TPSA) is 84.0 Å². The van der Waals surface area contributed by atoms with Crippen LogP contribution >= 0.6 is 22.7 Å². The van der Waals surface area contributed by atoms with E-state index in [2.05, 4.69) is 20.6 Å². The lowest BCUT2D eigenvalue weighted by molar-refractivity contribution is -0.116. The van der Waals surface area contributed by atoms with Crippen molar-refractivity contribution >= 4 is 39.6 Å². The van der Waals surface area contributed by atoms with E-state index in [4.69, 9.17) is 0 Å². The van der Waals surface area contributed by atoms with E-state index in [1.165, 1.54) is 22.7 Å². The summed E-state index contributed by atoms with van der Waals surface area (Å²) >= 11 is 2.72. The number of hydrogen-bond donors (Lipinski definition) is 2. The number of thiazole rings is 1. The standard InChI is InChI=1S/C16H14N4O2S2/c21-14(5-7-18-15(22)13-4-2-8-23-13)20-16-19-12(10-24-16)11-3-1-6-17-9-11/h1-4,6,8-10H,5,7H2,(H,18,22)(H,19,20,21). The average Bonchev–Trinajstić information content (AvgIpc) is 3.27. The molecule has 0 aliphatic rings. The second-order valence-corrected chi connectivity index (χ2v) is 6.62. The van der Waals surface area contributed by atoms with Crippen LogP contribution in [0.25, 0.3) is 11.3 Å². The number of rotatable bonds is 6. The quantitative estimate of drug-likeness (QED) is 0.709. The molecule has 3 aromatic heterocycles. The Morgan fingerprint density at radius 2 is 2.08 bits per heavy atom. The van der Waals surface area contributed by atoms with Gasteiger partial charge in [-0.2, -0.15) is 0 Å². The van der Waals surface area contributed by atoms with Crippen LogP contribution in [-0.4, -0.2) is 28.3 Å². The van der Waals surface area contributed by atoms with Crippen LogP contribution in [0.2, 0.25) is 0 Å². The first kappa shape index (κ1) is 16.3. The highest BCUT2D eigenvalue weighted by Gasteiger charge is 2.10. The van der Waals surface area contributed by atoms with Crippen LogP contribution in [0.1, 0.15) is 16.1 Å². The highest BCUT2D eigenvalue weighted by molar-refractivity contribution is 7.14. The normalized spacial score (nSPS) is 10.3. The van der Waals surface area contributed by atoms with Crippen LogP contribution in [0.5, 0.6) is 0 Å². The van der Waals surface area contributed by atoms with Crippen molar-refractivity contribution in [1.82, 2.24) is 15.3 Å². The van der Waals surface area contributed by atoms with Crippen molar-refractivity contribution in [3.63, 3.8) is 0 Å². The van der Waals surface area contributed by atoms with E-state index in [-0.39, 0.29) is 24.8 Å². The smallest absolute Gasteiger partial charge is 0.261 e. The zero-order valence-electron chi connectivity index (χ0n) is 12.6. The van der Waals surface area contributed by atoms with Crippen molar-refractivity contribution in [2.45, 2.75) is 6.42 Å². The summed E-state index contributed by atoms with van der Waals surface area (Å²) in [6.45, 7) is 0.281. The number of amides is 2. The minimum Gasteiger partial charge on any atom is -0.351 e. The summed E-state index contributed by atoms with van der Waals surface area (Å²) in [5.74, 6) is -0.348. The molecule has 0 fully saturated rings. The minimum absolute atomic E-state index is 0.161. The van der Waals surface area contributed by atoms with Crippen LogP contribution in [0.3, 0.4) is 0 Å². The molecule has 24 heavy (non-hydrogen) atoms. The Bertz CT molecular complexity index is 816. The molecule has 0 spiro atoms. The van der Waals surface area contributed by atoms with Gasteiger partial charge in [0, 0.05) is 36.3 Å². The minimum atomic E-state index is -0.187. The summed E-state index contributed by atoms with van der Waals surface area (Å²) in [5, 5.41) is 9.69. The van der Waals surface area contributed by atoms with E-state index in [1.54, 1.807) is 18.5 Å². The van der Waals surface area contributed by atoms with Crippen LogP contribution in [0.15, 0.2) is 47.4 Å². The molecule has 2 N–H and O–H groups in total. The molecule has 0 radical (unpaired) electrons. The van der Waals surface area contributed by atoms with Gasteiger partial charge in [-0.3, -0.25) is 14.6 Å². The average molecular weight is 358 g/mol. The fraction of sp³-hybridized carbons (Fsp3) is 0.125. The summed E-state index contributed by atoms with van der Waals surface area (Å²) < 4.78 is 0. The molecule has 2 amide bonds. The molecule has 3 aromatic rings. The van der Waals surface area contributed by atoms with Crippen molar-refractivity contribution in [3.8, 4) is 11.3 Å². The molecule has 0 saturated carbocycles. The van der Waals surface area contributed by atoms with Crippen LogP contribution in [-0.2, 0) is 4.79 Å². The number of aromatic nitrogens is 2. The lowest BCUT2D eigenvalue weighted by Gasteiger charge is -2.03. The first-order valence-corrected chi connectivity index (χ1v) is 8.96. The highest BCUT2D eigenvalue weighted by atomic mass is 32.1. The fourth-order valence-corrected chi connectivity index (χ4v) is 3.32. The third kappa shape index (κ3) is 4.24. The molecule has 3 rings (SSSR count). The number of nitrogens with zero attached hydrogens (tertiary/aromatic N) is 2. The van der Waals surface area contributed by atoms with Gasteiger partial charge in [0.25, 0.3) is 5.91 Å². The predicted octanol–water partition coefficient (Wildman–Crippen LogP) is 3.03. The number of pyridine rings is 1. The van der Waals surface area contributed by atoms with E-state index in [1.807, 2.05) is 29.0 Å². The number of hydrogen-bond acceptors (Lipinski definition) is 6. The zero-order valence-corrected chi connectivity index (χ0v) is 14.2. The van der Waals surface area contributed by atoms with Gasteiger partial charge >= 0.3 is 0 Å². The maximum Gasteiger partial charge on any atom is 0.261 e. The van der Waals surface area contributed by atoms with Crippen molar-refractivity contribution in [3.05, 3.63) is 52.3 Å². The summed E-state index contributed by atoms with van der Waals surface area (Å²) in [4.78, 5) is 32.7. The third-order valence-electron chi connectivity index (χ3n) is 3.09. The molecule has 0 aliphatic heterocycles. The lowest BCUT2D eigenvalue weighted by Crippen LogP contribution is -2.27. The molecule has 0 unspecified atom stereocenters. The molecule has 0 atom stereocenters. The van der Waals surface area contributed by atoms with E-state index in [0.717, 1.165) is 11.3 Å². The van der Waals surface area contributed by atoms with E-state index in [0.29, 0.717) is 10.0 Å². The summed E-state index contributed by atoms with van der Waals surface area (Å²) in [7, 11) is 0. The van der Waals surface area contributed by atoms with Crippen LogP contribution < -0.4 is 10.6 Å². The SMILES string of the molecule is O=C(CCNC(=O)c1cccs1)Nc1nc(-c2cccnc2)cs1. The number of carbonyl (C=O) groups excluding carboxylic acids is 2. The third-order valence-corrected chi connectivity index (χ3v) is 4.72. The number of thiophene rings is 1. The molecule has 3 heterocycles. The Kier molecular flexibility index (Phi) is 5.29. The molecular formula is C16H14N4O2S2. The zero-order chi connectivity index (χ0) is 16.8. The fourth-order valence-electron chi connectivity index (χ4n) is 1.94. The number of carbonyl (C=O) groups is 2. The second kappa shape index (κ2) is 7.80. The van der Waals surface area contributed by atoms with Gasteiger partial charge in [0.1, 0.15) is 0 Å². The molecular weight excluding hydrogens is 344 g/mol. The summed E-state index contributed by atoms with van der Waals surface area (Å²) in [6.07, 6.45) is 3.61. The molecule has 0 saturated heterocycles. The Morgan fingerprint density at radius 3 is 2.83 bits per heavy atom. The lowest BCUT2D eigenvalue weighted by atomic mass is 10.2.